The van der Waals surface area contributed by atoms with Gasteiger partial charge in [-0.2, -0.15) is 0 Å². The Hall–Kier alpha value is -2.60. The van der Waals surface area contributed by atoms with Crippen LogP contribution < -0.4 is 0 Å². The van der Waals surface area contributed by atoms with Crippen LogP contribution in [0.4, 0.5) is 0 Å². The van der Waals surface area contributed by atoms with E-state index in [-0.39, 0.29) is 0 Å². The first-order chi connectivity index (χ1) is 9.90. The summed E-state index contributed by atoms with van der Waals surface area (Å²) in [6, 6.07) is 30.4. The maximum atomic E-state index is 2.25. The molecule has 4 aromatic carbocycles. The molecule has 0 unspecified atom stereocenters. The number of fused-ring (bicyclic) bond motifs is 7. The van der Waals surface area contributed by atoms with Gasteiger partial charge in [0.05, 0.1) is 0 Å². The van der Waals surface area contributed by atoms with E-state index in [1.54, 1.807) is 0 Å². The summed E-state index contributed by atoms with van der Waals surface area (Å²) in [4.78, 5) is 0. The van der Waals surface area contributed by atoms with Crippen LogP contribution in [0.25, 0.3) is 32.3 Å². The van der Waals surface area contributed by atoms with Crippen LogP contribution in [0.2, 0.25) is 0 Å². The van der Waals surface area contributed by atoms with Crippen LogP contribution in [-0.2, 0) is 0 Å². The fraction of sp³-hybridized carbons (Fsp3) is 0. The molecule has 0 saturated heterocycles. The highest BCUT2D eigenvalue weighted by Crippen LogP contribution is 2.24. The SMILES string of the molecule is c1cc2ccc3cccc(c3)c3ccccc3c(c1)c2. The Morgan fingerprint density at radius 2 is 0.900 bits per heavy atom. The minimum Gasteiger partial charge on any atom is -0.0616 e. The van der Waals surface area contributed by atoms with E-state index in [0.717, 1.165) is 0 Å². The van der Waals surface area contributed by atoms with Crippen molar-refractivity contribution in [1.82, 2.24) is 0 Å². The molecular formula is C20H14. The fourth-order valence-electron chi connectivity index (χ4n) is 2.80. The van der Waals surface area contributed by atoms with E-state index in [1.165, 1.54) is 32.3 Å². The summed E-state index contributed by atoms with van der Waals surface area (Å²) in [5.41, 5.74) is 0. The Labute approximate surface area is 117 Å². The zero-order valence-corrected chi connectivity index (χ0v) is 11.1. The lowest BCUT2D eigenvalue weighted by molar-refractivity contribution is 1.77. The van der Waals surface area contributed by atoms with Gasteiger partial charge in [0.1, 0.15) is 0 Å². The third kappa shape index (κ3) is 1.86. The smallest absolute Gasteiger partial charge is 0.0105 e. The van der Waals surface area contributed by atoms with Gasteiger partial charge >= 0.3 is 0 Å². The Morgan fingerprint density at radius 1 is 0.400 bits per heavy atom. The average molecular weight is 254 g/mol. The molecule has 0 fully saturated rings. The van der Waals surface area contributed by atoms with Crippen LogP contribution in [0.1, 0.15) is 0 Å². The van der Waals surface area contributed by atoms with Crippen LogP contribution in [0.3, 0.4) is 0 Å². The van der Waals surface area contributed by atoms with Gasteiger partial charge in [0, 0.05) is 0 Å². The summed E-state index contributed by atoms with van der Waals surface area (Å²) in [7, 11) is 0. The first-order valence-electron chi connectivity index (χ1n) is 6.88. The van der Waals surface area contributed by atoms with Crippen LogP contribution in [0.15, 0.2) is 84.9 Å². The van der Waals surface area contributed by atoms with Crippen molar-refractivity contribution in [3.8, 4) is 0 Å². The van der Waals surface area contributed by atoms with Crippen molar-refractivity contribution in [2.75, 3.05) is 0 Å². The second kappa shape index (κ2) is 4.50. The third-order valence-electron chi connectivity index (χ3n) is 3.79. The topological polar surface area (TPSA) is 0 Å². The molecule has 0 amide bonds. The van der Waals surface area contributed by atoms with Crippen molar-refractivity contribution in [1.29, 1.82) is 0 Å². The third-order valence-corrected chi connectivity index (χ3v) is 3.79. The molecule has 0 heteroatoms. The molecule has 0 radical (unpaired) electrons. The van der Waals surface area contributed by atoms with Gasteiger partial charge in [-0.3, -0.25) is 0 Å². The van der Waals surface area contributed by atoms with E-state index in [0.29, 0.717) is 0 Å². The van der Waals surface area contributed by atoms with Crippen LogP contribution >= 0.6 is 0 Å². The van der Waals surface area contributed by atoms with Crippen molar-refractivity contribution in [2.24, 2.45) is 0 Å². The quantitative estimate of drug-likeness (QED) is 0.377. The highest BCUT2D eigenvalue weighted by atomic mass is 14.0. The van der Waals surface area contributed by atoms with Gasteiger partial charge in [0.25, 0.3) is 0 Å². The molecule has 20 heavy (non-hydrogen) atoms. The second-order valence-corrected chi connectivity index (χ2v) is 5.13. The van der Waals surface area contributed by atoms with Gasteiger partial charge < -0.3 is 0 Å². The van der Waals surface area contributed by atoms with E-state index in [1.807, 2.05) is 0 Å². The Morgan fingerprint density at radius 3 is 1.40 bits per heavy atom. The molecule has 0 heterocycles. The van der Waals surface area contributed by atoms with E-state index < -0.39 is 0 Å². The molecule has 0 N–H and O–H groups in total. The van der Waals surface area contributed by atoms with Crippen molar-refractivity contribution in [3.63, 3.8) is 0 Å². The van der Waals surface area contributed by atoms with Crippen LogP contribution in [0.5, 0.6) is 0 Å². The number of hydrogen-bond donors (Lipinski definition) is 0. The number of hydrogen-bond acceptors (Lipinski definition) is 0. The van der Waals surface area contributed by atoms with Crippen molar-refractivity contribution in [3.05, 3.63) is 84.9 Å². The largest absolute Gasteiger partial charge is 0.0616 e. The van der Waals surface area contributed by atoms with Gasteiger partial charge in [0.2, 0.25) is 0 Å². The molecule has 4 aromatic rings. The van der Waals surface area contributed by atoms with E-state index in [2.05, 4.69) is 84.9 Å². The molecule has 0 aliphatic heterocycles. The fourth-order valence-corrected chi connectivity index (χ4v) is 2.80. The lowest BCUT2D eigenvalue weighted by Gasteiger charge is -2.02. The van der Waals surface area contributed by atoms with E-state index in [9.17, 15) is 0 Å². The Balaban J connectivity index is 2.37. The summed E-state index contributed by atoms with van der Waals surface area (Å²) in [6.07, 6.45) is 0. The van der Waals surface area contributed by atoms with Gasteiger partial charge in [-0.05, 0) is 44.5 Å². The molecule has 0 aliphatic rings. The molecule has 4 bridgehead atoms. The van der Waals surface area contributed by atoms with E-state index >= 15 is 0 Å². The maximum Gasteiger partial charge on any atom is -0.0105 e. The highest BCUT2D eigenvalue weighted by molar-refractivity contribution is 6.06. The molecule has 94 valence electrons. The normalized spacial score (nSPS) is 11.0. The Bertz CT molecular complexity index is 870. The number of rotatable bonds is 0. The molecule has 0 spiro atoms. The molecule has 0 aliphatic carbocycles. The molecule has 0 atom stereocenters. The molecule has 0 nitrogen and oxygen atoms in total. The van der Waals surface area contributed by atoms with Gasteiger partial charge in [-0.15, -0.1) is 0 Å². The minimum absolute atomic E-state index is 1.24. The van der Waals surface area contributed by atoms with Gasteiger partial charge in [-0.25, -0.2) is 0 Å². The predicted octanol–water partition coefficient (Wildman–Crippen LogP) is 5.71. The lowest BCUT2D eigenvalue weighted by Crippen LogP contribution is -1.75. The summed E-state index contributed by atoms with van der Waals surface area (Å²) in [6.45, 7) is 0. The van der Waals surface area contributed by atoms with Crippen molar-refractivity contribution >= 4 is 32.3 Å². The first kappa shape index (κ1) is 11.2. The van der Waals surface area contributed by atoms with Crippen molar-refractivity contribution < 1.29 is 0 Å². The molecular weight excluding hydrogens is 240 g/mol. The van der Waals surface area contributed by atoms with Crippen LogP contribution in [-0.4, -0.2) is 0 Å². The predicted molar refractivity (Wildman–Crippen MR) is 87.8 cm³/mol. The lowest BCUT2D eigenvalue weighted by atomic mass is 10.0. The monoisotopic (exact) mass is 254 g/mol. The summed E-state index contributed by atoms with van der Waals surface area (Å²) < 4.78 is 0. The molecule has 0 saturated carbocycles. The standard InChI is InChI=1S/C20H14/c1-2-10-20-18-8-4-6-16(14-18)12-11-15-5-3-7-17(13-15)19(20)9-1/h1-14H. The average Bonchev–Trinajstić information content (AvgIpc) is 2.53. The zero-order valence-electron chi connectivity index (χ0n) is 11.1. The summed E-state index contributed by atoms with van der Waals surface area (Å²) in [5, 5.41) is 7.61. The Kier molecular flexibility index (Phi) is 2.53. The maximum absolute atomic E-state index is 2.25. The zero-order chi connectivity index (χ0) is 13.4. The molecule has 0 aromatic heterocycles. The van der Waals surface area contributed by atoms with Gasteiger partial charge in [0.15, 0.2) is 0 Å². The van der Waals surface area contributed by atoms with Crippen molar-refractivity contribution in [2.45, 2.75) is 0 Å². The number of benzene rings is 3. The first-order valence-corrected chi connectivity index (χ1v) is 6.88. The summed E-state index contributed by atoms with van der Waals surface area (Å²) in [5.74, 6) is 0. The molecule has 4 rings (SSSR count). The van der Waals surface area contributed by atoms with E-state index in [4.69, 9.17) is 0 Å². The second-order valence-electron chi connectivity index (χ2n) is 5.13. The highest BCUT2D eigenvalue weighted by Gasteiger charge is 1.97. The summed E-state index contributed by atoms with van der Waals surface area (Å²) >= 11 is 0. The van der Waals surface area contributed by atoms with Gasteiger partial charge in [-0.1, -0.05) is 72.8 Å². The van der Waals surface area contributed by atoms with Crippen LogP contribution in [0, 0.1) is 0 Å². The minimum atomic E-state index is 1.24.